The number of hydrogen-bond acceptors (Lipinski definition) is 3. The van der Waals surface area contributed by atoms with E-state index in [1.165, 1.54) is 44.2 Å². The minimum absolute atomic E-state index is 0.131. The monoisotopic (exact) mass is 386 g/mol. The zero-order valence-corrected chi connectivity index (χ0v) is 16.4. The van der Waals surface area contributed by atoms with Crippen molar-refractivity contribution < 1.29 is 13.2 Å². The van der Waals surface area contributed by atoms with Crippen molar-refractivity contribution in [3.05, 3.63) is 59.7 Å². The molecule has 0 radical (unpaired) electrons. The van der Waals surface area contributed by atoms with Gasteiger partial charge in [-0.25, -0.2) is 8.42 Å². The lowest BCUT2D eigenvalue weighted by Crippen LogP contribution is -2.30. The number of amides is 1. The molecule has 0 heterocycles. The highest BCUT2D eigenvalue weighted by atomic mass is 32.2. The normalized spacial score (nSPS) is 15.3. The van der Waals surface area contributed by atoms with Crippen LogP contribution in [0.1, 0.15) is 48.0 Å². The Kier molecular flexibility index (Phi) is 6.16. The molecule has 1 amide bonds. The Labute approximate surface area is 161 Å². The third-order valence-electron chi connectivity index (χ3n) is 5.01. The van der Waals surface area contributed by atoms with E-state index in [0.29, 0.717) is 23.7 Å². The summed E-state index contributed by atoms with van der Waals surface area (Å²) in [7, 11) is -3.68. The van der Waals surface area contributed by atoms with Crippen molar-refractivity contribution in [3.8, 4) is 0 Å². The molecule has 0 atom stereocenters. The molecule has 1 aliphatic carbocycles. The summed E-state index contributed by atoms with van der Waals surface area (Å²) in [5.74, 6) is 0.400. The number of hydrogen-bond donors (Lipinski definition) is 2. The van der Waals surface area contributed by atoms with Crippen LogP contribution >= 0.6 is 0 Å². The molecule has 6 heteroatoms. The van der Waals surface area contributed by atoms with Crippen LogP contribution in [-0.4, -0.2) is 20.9 Å². The number of anilines is 1. The predicted molar refractivity (Wildman–Crippen MR) is 107 cm³/mol. The van der Waals surface area contributed by atoms with Gasteiger partial charge in [0.1, 0.15) is 0 Å². The van der Waals surface area contributed by atoms with Crippen LogP contribution in [-0.2, 0) is 10.0 Å². The Balaban J connectivity index is 1.61. The molecule has 1 saturated carbocycles. The Morgan fingerprint density at radius 1 is 0.963 bits per heavy atom. The van der Waals surface area contributed by atoms with Gasteiger partial charge in [-0.1, -0.05) is 37.0 Å². The summed E-state index contributed by atoms with van der Waals surface area (Å²) in [6, 6.07) is 13.2. The average Bonchev–Trinajstić information content (AvgIpc) is 2.69. The van der Waals surface area contributed by atoms with Crippen LogP contribution in [0, 0.1) is 12.8 Å². The summed E-state index contributed by atoms with van der Waals surface area (Å²) in [4.78, 5) is 12.4. The molecule has 27 heavy (non-hydrogen) atoms. The lowest BCUT2D eigenvalue weighted by Gasteiger charge is -2.21. The maximum Gasteiger partial charge on any atom is 0.261 e. The topological polar surface area (TPSA) is 75.3 Å². The highest BCUT2D eigenvalue weighted by Gasteiger charge is 2.17. The number of benzene rings is 2. The van der Waals surface area contributed by atoms with E-state index in [4.69, 9.17) is 0 Å². The van der Waals surface area contributed by atoms with E-state index in [9.17, 15) is 13.2 Å². The van der Waals surface area contributed by atoms with Gasteiger partial charge in [0, 0.05) is 17.8 Å². The average molecular weight is 387 g/mol. The van der Waals surface area contributed by atoms with Crippen LogP contribution in [0.5, 0.6) is 0 Å². The van der Waals surface area contributed by atoms with E-state index >= 15 is 0 Å². The molecule has 2 aromatic rings. The SMILES string of the molecule is Cc1ccc(NS(=O)(=O)c2ccc(C(=O)NCC3CCCCC3)cc2)cc1. The molecule has 0 aromatic heterocycles. The lowest BCUT2D eigenvalue weighted by molar-refractivity contribution is 0.0943. The molecule has 2 N–H and O–H groups in total. The third-order valence-corrected chi connectivity index (χ3v) is 6.40. The van der Waals surface area contributed by atoms with E-state index in [-0.39, 0.29) is 10.8 Å². The molecule has 0 aliphatic heterocycles. The first-order valence-electron chi connectivity index (χ1n) is 9.42. The molecule has 0 saturated heterocycles. The Hall–Kier alpha value is -2.34. The highest BCUT2D eigenvalue weighted by Crippen LogP contribution is 2.23. The number of aryl methyl sites for hydroxylation is 1. The van der Waals surface area contributed by atoms with Gasteiger partial charge < -0.3 is 5.32 Å². The fraction of sp³-hybridized carbons (Fsp3) is 0.381. The van der Waals surface area contributed by atoms with E-state index in [1.54, 1.807) is 24.3 Å². The maximum absolute atomic E-state index is 12.5. The third kappa shape index (κ3) is 5.32. The van der Waals surface area contributed by atoms with Gasteiger partial charge in [0.25, 0.3) is 15.9 Å². The van der Waals surface area contributed by atoms with Gasteiger partial charge in [-0.3, -0.25) is 9.52 Å². The van der Waals surface area contributed by atoms with E-state index in [1.807, 2.05) is 19.1 Å². The fourth-order valence-electron chi connectivity index (χ4n) is 3.35. The Morgan fingerprint density at radius 3 is 2.22 bits per heavy atom. The van der Waals surface area contributed by atoms with Crippen LogP contribution in [0.25, 0.3) is 0 Å². The summed E-state index contributed by atoms with van der Waals surface area (Å²) in [6.45, 7) is 2.63. The first-order valence-corrected chi connectivity index (χ1v) is 10.9. The van der Waals surface area contributed by atoms with Crippen molar-refractivity contribution >= 4 is 21.6 Å². The summed E-state index contributed by atoms with van der Waals surface area (Å²) in [5.41, 5.74) is 2.04. The fourth-order valence-corrected chi connectivity index (χ4v) is 4.41. The van der Waals surface area contributed by atoms with Gasteiger partial charge in [-0.2, -0.15) is 0 Å². The van der Waals surface area contributed by atoms with Crippen LogP contribution in [0.2, 0.25) is 0 Å². The summed E-state index contributed by atoms with van der Waals surface area (Å²) in [6.07, 6.45) is 6.10. The largest absolute Gasteiger partial charge is 0.352 e. The summed E-state index contributed by atoms with van der Waals surface area (Å²) < 4.78 is 27.5. The molecule has 1 aliphatic rings. The van der Waals surface area contributed by atoms with Gasteiger partial charge in [0.15, 0.2) is 0 Å². The Morgan fingerprint density at radius 2 is 1.59 bits per heavy atom. The van der Waals surface area contributed by atoms with E-state index < -0.39 is 10.0 Å². The number of rotatable bonds is 6. The van der Waals surface area contributed by atoms with Gasteiger partial charge in [-0.15, -0.1) is 0 Å². The van der Waals surface area contributed by atoms with Crippen LogP contribution in [0.4, 0.5) is 5.69 Å². The second-order valence-electron chi connectivity index (χ2n) is 7.21. The first-order chi connectivity index (χ1) is 12.9. The standard InChI is InChI=1S/C21H26N2O3S/c1-16-7-11-19(12-8-16)23-27(25,26)20-13-9-18(10-14-20)21(24)22-15-17-5-3-2-4-6-17/h7-14,17,23H,2-6,15H2,1H3,(H,22,24). The quantitative estimate of drug-likeness (QED) is 0.785. The maximum atomic E-state index is 12.5. The van der Waals surface area contributed by atoms with Crippen molar-refractivity contribution in [3.63, 3.8) is 0 Å². The summed E-state index contributed by atoms with van der Waals surface area (Å²) >= 11 is 0. The minimum atomic E-state index is -3.68. The summed E-state index contributed by atoms with van der Waals surface area (Å²) in [5, 5.41) is 2.97. The molecular formula is C21H26N2O3S. The van der Waals surface area contributed by atoms with Gasteiger partial charge >= 0.3 is 0 Å². The second-order valence-corrected chi connectivity index (χ2v) is 8.89. The molecule has 2 aromatic carbocycles. The number of sulfonamides is 1. The zero-order valence-electron chi connectivity index (χ0n) is 15.6. The molecular weight excluding hydrogens is 360 g/mol. The van der Waals surface area contributed by atoms with Gasteiger partial charge in [0.05, 0.1) is 4.90 Å². The molecule has 144 valence electrons. The van der Waals surface area contributed by atoms with Crippen molar-refractivity contribution in [2.45, 2.75) is 43.9 Å². The smallest absolute Gasteiger partial charge is 0.261 e. The van der Waals surface area contributed by atoms with E-state index in [2.05, 4.69) is 10.0 Å². The van der Waals surface area contributed by atoms with Crippen molar-refractivity contribution in [2.24, 2.45) is 5.92 Å². The highest BCUT2D eigenvalue weighted by molar-refractivity contribution is 7.92. The number of nitrogens with one attached hydrogen (secondary N) is 2. The predicted octanol–water partition coefficient (Wildman–Crippen LogP) is 4.11. The second kappa shape index (κ2) is 8.57. The van der Waals surface area contributed by atoms with Crippen LogP contribution in [0.3, 0.4) is 0 Å². The van der Waals surface area contributed by atoms with Gasteiger partial charge in [0.2, 0.25) is 0 Å². The molecule has 0 bridgehead atoms. The molecule has 1 fully saturated rings. The zero-order chi connectivity index (χ0) is 19.3. The molecule has 3 rings (SSSR count). The number of carbonyl (C=O) groups is 1. The number of carbonyl (C=O) groups excluding carboxylic acids is 1. The lowest BCUT2D eigenvalue weighted by atomic mass is 9.89. The molecule has 5 nitrogen and oxygen atoms in total. The van der Waals surface area contributed by atoms with Crippen LogP contribution in [0.15, 0.2) is 53.4 Å². The van der Waals surface area contributed by atoms with Crippen LogP contribution < -0.4 is 10.0 Å². The Bertz CT molecular complexity index is 869. The molecule has 0 unspecified atom stereocenters. The minimum Gasteiger partial charge on any atom is -0.352 e. The van der Waals surface area contributed by atoms with Crippen molar-refractivity contribution in [2.75, 3.05) is 11.3 Å². The van der Waals surface area contributed by atoms with Crippen molar-refractivity contribution in [1.82, 2.24) is 5.32 Å². The van der Waals surface area contributed by atoms with Gasteiger partial charge in [-0.05, 0) is 62.1 Å². The van der Waals surface area contributed by atoms with Crippen molar-refractivity contribution in [1.29, 1.82) is 0 Å². The molecule has 0 spiro atoms. The first kappa shape index (κ1) is 19.4. The van der Waals surface area contributed by atoms with E-state index in [0.717, 1.165) is 5.56 Å².